The molecule has 1 aromatic carbocycles. The van der Waals surface area contributed by atoms with Crippen LogP contribution in [-0.4, -0.2) is 17.6 Å². The van der Waals surface area contributed by atoms with Crippen LogP contribution in [0.3, 0.4) is 0 Å². The summed E-state index contributed by atoms with van der Waals surface area (Å²) in [5, 5.41) is 1.24. The number of rotatable bonds is 3. The molecule has 0 amide bonds. The van der Waals surface area contributed by atoms with Gasteiger partial charge in [0, 0.05) is 23.6 Å². The lowest BCUT2D eigenvalue weighted by Crippen LogP contribution is -2.01. The van der Waals surface area contributed by atoms with E-state index in [0.29, 0.717) is 11.5 Å². The molecule has 0 unspecified atom stereocenters. The van der Waals surface area contributed by atoms with Crippen molar-refractivity contribution in [3.63, 3.8) is 0 Å². The molecule has 1 heterocycles. The molecule has 21 heavy (non-hydrogen) atoms. The highest BCUT2D eigenvalue weighted by Gasteiger charge is 2.25. The standard InChI is InChI=1S/C18H21NO2/c1-4-15-17(12-7-5-6-8-12)14-10-9-13(18(20)21-3)11-16(14)19(15)2/h4,9-12H,1,5-8H2,2-3H3. The van der Waals surface area contributed by atoms with Crippen LogP contribution in [0.2, 0.25) is 0 Å². The molecule has 1 saturated carbocycles. The van der Waals surface area contributed by atoms with Crippen LogP contribution in [0, 0.1) is 0 Å². The lowest BCUT2D eigenvalue weighted by Gasteiger charge is -2.10. The number of esters is 1. The number of methoxy groups -OCH3 is 1. The first-order chi connectivity index (χ1) is 10.2. The van der Waals surface area contributed by atoms with Crippen molar-refractivity contribution in [1.29, 1.82) is 0 Å². The van der Waals surface area contributed by atoms with E-state index < -0.39 is 0 Å². The normalized spacial score (nSPS) is 15.5. The molecule has 0 radical (unpaired) electrons. The summed E-state index contributed by atoms with van der Waals surface area (Å²) in [5.74, 6) is 0.325. The fraction of sp³-hybridized carbons (Fsp3) is 0.389. The molecule has 1 aliphatic rings. The van der Waals surface area contributed by atoms with E-state index in [9.17, 15) is 4.79 Å². The van der Waals surface area contributed by atoms with Crippen LogP contribution in [0.1, 0.15) is 53.2 Å². The molecule has 2 aromatic rings. The summed E-state index contributed by atoms with van der Waals surface area (Å²) in [6, 6.07) is 5.84. The quantitative estimate of drug-likeness (QED) is 0.788. The van der Waals surface area contributed by atoms with Gasteiger partial charge < -0.3 is 9.30 Å². The van der Waals surface area contributed by atoms with E-state index in [1.165, 1.54) is 49.4 Å². The first-order valence-electron chi connectivity index (χ1n) is 7.50. The van der Waals surface area contributed by atoms with Gasteiger partial charge in [0.05, 0.1) is 12.7 Å². The largest absolute Gasteiger partial charge is 0.465 e. The van der Waals surface area contributed by atoms with Gasteiger partial charge in [-0.05, 0) is 42.5 Å². The molecule has 0 spiro atoms. The molecular weight excluding hydrogens is 262 g/mol. The molecule has 1 aliphatic carbocycles. The predicted molar refractivity (Wildman–Crippen MR) is 85.6 cm³/mol. The lowest BCUT2D eigenvalue weighted by atomic mass is 9.94. The van der Waals surface area contributed by atoms with Gasteiger partial charge >= 0.3 is 5.97 Å². The minimum atomic E-state index is -0.291. The highest BCUT2D eigenvalue weighted by molar-refractivity contribution is 5.97. The van der Waals surface area contributed by atoms with Crippen molar-refractivity contribution in [3.8, 4) is 0 Å². The zero-order valence-corrected chi connectivity index (χ0v) is 12.7. The Bertz CT molecular complexity index is 706. The number of carbonyl (C=O) groups is 1. The average Bonchev–Trinajstić information content (AvgIpc) is 3.12. The Balaban J connectivity index is 2.22. The number of nitrogens with zero attached hydrogens (tertiary/aromatic N) is 1. The topological polar surface area (TPSA) is 31.2 Å². The fourth-order valence-corrected chi connectivity index (χ4v) is 3.62. The lowest BCUT2D eigenvalue weighted by molar-refractivity contribution is 0.0601. The molecule has 3 heteroatoms. The van der Waals surface area contributed by atoms with Crippen molar-refractivity contribution < 1.29 is 9.53 Å². The maximum absolute atomic E-state index is 11.7. The fourth-order valence-electron chi connectivity index (χ4n) is 3.62. The van der Waals surface area contributed by atoms with Crippen LogP contribution >= 0.6 is 0 Å². The Morgan fingerprint density at radius 2 is 2.10 bits per heavy atom. The summed E-state index contributed by atoms with van der Waals surface area (Å²) in [5.41, 5.74) is 4.25. The van der Waals surface area contributed by atoms with E-state index in [-0.39, 0.29) is 5.97 Å². The molecule has 1 fully saturated rings. The van der Waals surface area contributed by atoms with Crippen LogP contribution in [0.5, 0.6) is 0 Å². The average molecular weight is 283 g/mol. The zero-order valence-electron chi connectivity index (χ0n) is 12.7. The third kappa shape index (κ3) is 2.17. The number of benzene rings is 1. The highest BCUT2D eigenvalue weighted by Crippen LogP contribution is 2.41. The van der Waals surface area contributed by atoms with E-state index in [1.807, 2.05) is 25.3 Å². The first-order valence-corrected chi connectivity index (χ1v) is 7.50. The first kappa shape index (κ1) is 13.9. The van der Waals surface area contributed by atoms with Crippen LogP contribution in [0.4, 0.5) is 0 Å². The van der Waals surface area contributed by atoms with Crippen LogP contribution < -0.4 is 0 Å². The van der Waals surface area contributed by atoms with Gasteiger partial charge in [-0.15, -0.1) is 0 Å². The van der Waals surface area contributed by atoms with Crippen molar-refractivity contribution >= 4 is 22.9 Å². The van der Waals surface area contributed by atoms with Crippen molar-refractivity contribution in [1.82, 2.24) is 4.57 Å². The summed E-state index contributed by atoms with van der Waals surface area (Å²) in [4.78, 5) is 11.7. The Labute approximate surface area is 125 Å². The minimum Gasteiger partial charge on any atom is -0.465 e. The number of aromatic nitrogens is 1. The summed E-state index contributed by atoms with van der Waals surface area (Å²) in [6.45, 7) is 3.98. The van der Waals surface area contributed by atoms with Gasteiger partial charge in [0.15, 0.2) is 0 Å². The molecular formula is C18H21NO2. The van der Waals surface area contributed by atoms with E-state index in [0.717, 1.165) is 5.52 Å². The molecule has 0 atom stereocenters. The zero-order chi connectivity index (χ0) is 15.0. The minimum absolute atomic E-state index is 0.291. The van der Waals surface area contributed by atoms with Gasteiger partial charge in [-0.2, -0.15) is 0 Å². The Hall–Kier alpha value is -2.03. The molecule has 110 valence electrons. The molecule has 3 rings (SSSR count). The Morgan fingerprint density at radius 3 is 2.71 bits per heavy atom. The second kappa shape index (κ2) is 5.40. The number of hydrogen-bond donors (Lipinski definition) is 0. The van der Waals surface area contributed by atoms with Gasteiger partial charge in [-0.3, -0.25) is 0 Å². The van der Waals surface area contributed by atoms with Gasteiger partial charge in [-0.1, -0.05) is 25.5 Å². The number of fused-ring (bicyclic) bond motifs is 1. The van der Waals surface area contributed by atoms with E-state index in [2.05, 4.69) is 17.2 Å². The molecule has 1 aromatic heterocycles. The second-order valence-corrected chi connectivity index (χ2v) is 5.77. The van der Waals surface area contributed by atoms with E-state index in [1.54, 1.807) is 0 Å². The molecule has 0 saturated heterocycles. The van der Waals surface area contributed by atoms with Gasteiger partial charge in [-0.25, -0.2) is 4.79 Å². The van der Waals surface area contributed by atoms with Crippen molar-refractivity contribution in [2.45, 2.75) is 31.6 Å². The van der Waals surface area contributed by atoms with Crippen LogP contribution in [-0.2, 0) is 11.8 Å². The van der Waals surface area contributed by atoms with Crippen LogP contribution in [0.15, 0.2) is 24.8 Å². The molecule has 0 N–H and O–H groups in total. The molecule has 0 bridgehead atoms. The Morgan fingerprint density at radius 1 is 1.38 bits per heavy atom. The number of aryl methyl sites for hydroxylation is 1. The van der Waals surface area contributed by atoms with Crippen LogP contribution in [0.25, 0.3) is 17.0 Å². The second-order valence-electron chi connectivity index (χ2n) is 5.77. The number of hydrogen-bond acceptors (Lipinski definition) is 2. The monoisotopic (exact) mass is 283 g/mol. The van der Waals surface area contributed by atoms with Crippen molar-refractivity contribution in [3.05, 3.63) is 41.6 Å². The molecule has 3 nitrogen and oxygen atoms in total. The third-order valence-corrected chi connectivity index (χ3v) is 4.66. The SMILES string of the molecule is C=Cc1c(C2CCCC2)c2ccc(C(=O)OC)cc2n1C. The third-order valence-electron chi connectivity index (χ3n) is 4.66. The maximum Gasteiger partial charge on any atom is 0.337 e. The predicted octanol–water partition coefficient (Wildman–Crippen LogP) is 4.27. The van der Waals surface area contributed by atoms with E-state index in [4.69, 9.17) is 4.74 Å². The summed E-state index contributed by atoms with van der Waals surface area (Å²) in [6.07, 6.45) is 7.04. The Kier molecular flexibility index (Phi) is 3.58. The van der Waals surface area contributed by atoms with Crippen molar-refractivity contribution in [2.24, 2.45) is 7.05 Å². The van der Waals surface area contributed by atoms with E-state index >= 15 is 0 Å². The highest BCUT2D eigenvalue weighted by atomic mass is 16.5. The van der Waals surface area contributed by atoms with Gasteiger partial charge in [0.2, 0.25) is 0 Å². The van der Waals surface area contributed by atoms with Gasteiger partial charge in [0.1, 0.15) is 0 Å². The summed E-state index contributed by atoms with van der Waals surface area (Å²) < 4.78 is 6.96. The van der Waals surface area contributed by atoms with Crippen molar-refractivity contribution in [2.75, 3.05) is 7.11 Å². The number of ether oxygens (including phenoxy) is 1. The smallest absolute Gasteiger partial charge is 0.337 e. The maximum atomic E-state index is 11.7. The number of carbonyl (C=O) groups excluding carboxylic acids is 1. The summed E-state index contributed by atoms with van der Waals surface area (Å²) in [7, 11) is 3.45. The summed E-state index contributed by atoms with van der Waals surface area (Å²) >= 11 is 0. The molecule has 0 aliphatic heterocycles. The van der Waals surface area contributed by atoms with Gasteiger partial charge in [0.25, 0.3) is 0 Å².